The standard InChI is InChI=1S/C27H36N8O3S/c1-5-10-20-23(39-33-31-20)27(38)34-14-9-13-21(36)28-18(4)26(37)29-22(17(2)3)25-30-24(32-35(25)16-15-34)19-11-7-6-8-12-19/h6-8,11-12,17-18,22H,5,9-10,13-16H2,1-4H3,(H,28,36)(H,29,37)/t18-,22+/m1/s1. The van der Waals surface area contributed by atoms with Crippen molar-refractivity contribution in [1.29, 1.82) is 0 Å². The molecule has 0 unspecified atom stereocenters. The van der Waals surface area contributed by atoms with Gasteiger partial charge in [-0.05, 0) is 37.2 Å². The van der Waals surface area contributed by atoms with Crippen LogP contribution in [0.15, 0.2) is 30.3 Å². The third-order valence-corrected chi connectivity index (χ3v) is 7.44. The molecule has 0 aliphatic carbocycles. The lowest BCUT2D eigenvalue weighted by Gasteiger charge is -2.27. The van der Waals surface area contributed by atoms with E-state index in [1.165, 1.54) is 0 Å². The van der Waals surface area contributed by atoms with E-state index in [1.54, 1.807) is 16.5 Å². The third-order valence-electron chi connectivity index (χ3n) is 6.68. The molecule has 2 aromatic heterocycles. The van der Waals surface area contributed by atoms with Gasteiger partial charge >= 0.3 is 0 Å². The molecule has 2 N–H and O–H groups in total. The molecular formula is C27H36N8O3S. The average Bonchev–Trinajstić information content (AvgIpc) is 3.56. The molecule has 3 heterocycles. The van der Waals surface area contributed by atoms with E-state index < -0.39 is 12.1 Å². The topological polar surface area (TPSA) is 135 Å². The number of carbonyl (C=O) groups is 3. The van der Waals surface area contributed by atoms with Crippen LogP contribution in [0.4, 0.5) is 0 Å². The molecule has 0 saturated heterocycles. The zero-order valence-electron chi connectivity index (χ0n) is 22.9. The lowest BCUT2D eigenvalue weighted by molar-refractivity contribution is -0.129. The molecule has 12 heteroatoms. The second-order valence-electron chi connectivity index (χ2n) is 10.1. The molecule has 208 valence electrons. The van der Waals surface area contributed by atoms with Crippen LogP contribution in [0.1, 0.15) is 74.2 Å². The maximum absolute atomic E-state index is 13.6. The highest BCUT2D eigenvalue weighted by Gasteiger charge is 2.29. The predicted molar refractivity (Wildman–Crippen MR) is 148 cm³/mol. The maximum atomic E-state index is 13.6. The Morgan fingerprint density at radius 3 is 2.62 bits per heavy atom. The summed E-state index contributed by atoms with van der Waals surface area (Å²) in [6, 6.07) is 8.49. The van der Waals surface area contributed by atoms with E-state index in [4.69, 9.17) is 10.1 Å². The van der Waals surface area contributed by atoms with Gasteiger partial charge in [-0.15, -0.1) is 5.10 Å². The Morgan fingerprint density at radius 1 is 1.13 bits per heavy atom. The van der Waals surface area contributed by atoms with Gasteiger partial charge in [0.1, 0.15) is 10.9 Å². The molecule has 0 fully saturated rings. The number of benzene rings is 1. The summed E-state index contributed by atoms with van der Waals surface area (Å²) < 4.78 is 5.82. The number of aryl methyl sites for hydroxylation is 1. The Hall–Kier alpha value is -3.67. The molecule has 3 aromatic rings. The van der Waals surface area contributed by atoms with Crippen LogP contribution in [0.25, 0.3) is 11.4 Å². The van der Waals surface area contributed by atoms with Gasteiger partial charge in [0.25, 0.3) is 5.91 Å². The van der Waals surface area contributed by atoms with Crippen molar-refractivity contribution in [3.8, 4) is 11.4 Å². The third kappa shape index (κ3) is 6.86. The number of hydrogen-bond donors (Lipinski definition) is 2. The monoisotopic (exact) mass is 552 g/mol. The molecule has 1 aromatic carbocycles. The molecule has 1 aliphatic heterocycles. The van der Waals surface area contributed by atoms with Crippen LogP contribution in [0.5, 0.6) is 0 Å². The first-order valence-corrected chi connectivity index (χ1v) is 14.3. The average molecular weight is 553 g/mol. The van der Waals surface area contributed by atoms with E-state index in [0.717, 1.165) is 23.5 Å². The van der Waals surface area contributed by atoms with Gasteiger partial charge in [0.05, 0.1) is 18.3 Å². The number of nitrogens with zero attached hydrogens (tertiary/aromatic N) is 6. The molecular weight excluding hydrogens is 516 g/mol. The van der Waals surface area contributed by atoms with Crippen LogP contribution in [0.2, 0.25) is 0 Å². The van der Waals surface area contributed by atoms with E-state index in [2.05, 4.69) is 20.2 Å². The van der Waals surface area contributed by atoms with Crippen LogP contribution in [-0.2, 0) is 22.6 Å². The molecule has 1 aliphatic rings. The normalized spacial score (nSPS) is 19.3. The summed E-state index contributed by atoms with van der Waals surface area (Å²) in [6.07, 6.45) is 2.19. The molecule has 0 bridgehead atoms. The van der Waals surface area contributed by atoms with Gasteiger partial charge in [-0.1, -0.05) is 62.0 Å². The first-order valence-electron chi connectivity index (χ1n) is 13.5. The Balaban J connectivity index is 1.72. The van der Waals surface area contributed by atoms with Crippen LogP contribution < -0.4 is 10.6 Å². The molecule has 0 saturated carbocycles. The second-order valence-corrected chi connectivity index (χ2v) is 10.9. The molecule has 4 rings (SSSR count). The summed E-state index contributed by atoms with van der Waals surface area (Å²) in [7, 11) is 0. The van der Waals surface area contributed by atoms with Gasteiger partial charge in [0.15, 0.2) is 11.6 Å². The highest BCUT2D eigenvalue weighted by Crippen LogP contribution is 2.25. The first kappa shape index (κ1) is 28.3. The summed E-state index contributed by atoms with van der Waals surface area (Å²) in [4.78, 5) is 46.4. The van der Waals surface area contributed by atoms with Gasteiger partial charge in [-0.25, -0.2) is 9.67 Å². The minimum absolute atomic E-state index is 0.00562. The SMILES string of the molecule is CCCc1nnsc1C(=O)N1CCCC(=O)N[C@H](C)C(=O)N[C@@H](C(C)C)c2nc(-c3ccccc3)nn2CC1. The van der Waals surface area contributed by atoms with E-state index in [1.807, 2.05) is 51.1 Å². The number of fused-ring (bicyclic) bond motifs is 1. The van der Waals surface area contributed by atoms with Crippen molar-refractivity contribution in [2.24, 2.45) is 5.92 Å². The highest BCUT2D eigenvalue weighted by atomic mass is 32.1. The Morgan fingerprint density at radius 2 is 1.90 bits per heavy atom. The number of hydrogen-bond acceptors (Lipinski definition) is 8. The minimum Gasteiger partial charge on any atom is -0.345 e. The second kappa shape index (κ2) is 12.9. The summed E-state index contributed by atoms with van der Waals surface area (Å²) in [6.45, 7) is 8.80. The number of nitrogens with one attached hydrogen (secondary N) is 2. The molecule has 11 nitrogen and oxygen atoms in total. The first-order chi connectivity index (χ1) is 18.8. The van der Waals surface area contributed by atoms with Gasteiger partial charge in [0.2, 0.25) is 11.8 Å². The number of amides is 3. The van der Waals surface area contributed by atoms with Crippen LogP contribution in [0, 0.1) is 5.92 Å². The number of rotatable bonds is 5. The lowest BCUT2D eigenvalue weighted by Crippen LogP contribution is -2.47. The van der Waals surface area contributed by atoms with Crippen molar-refractivity contribution in [2.45, 2.75) is 72.0 Å². The highest BCUT2D eigenvalue weighted by molar-refractivity contribution is 7.08. The van der Waals surface area contributed by atoms with Crippen molar-refractivity contribution in [3.05, 3.63) is 46.7 Å². The van der Waals surface area contributed by atoms with Gasteiger partial charge in [-0.3, -0.25) is 14.4 Å². The number of carbonyl (C=O) groups excluding carboxylic acids is 3. The number of aromatic nitrogens is 5. The van der Waals surface area contributed by atoms with E-state index in [-0.39, 0.29) is 30.1 Å². The lowest BCUT2D eigenvalue weighted by atomic mass is 10.0. The van der Waals surface area contributed by atoms with Crippen LogP contribution in [-0.4, -0.2) is 66.1 Å². The van der Waals surface area contributed by atoms with E-state index >= 15 is 0 Å². The maximum Gasteiger partial charge on any atom is 0.267 e. The summed E-state index contributed by atoms with van der Waals surface area (Å²) in [5, 5.41) is 14.8. The summed E-state index contributed by atoms with van der Waals surface area (Å²) in [5.74, 6) is 0.482. The Labute approximate surface area is 232 Å². The van der Waals surface area contributed by atoms with Gasteiger partial charge in [-0.2, -0.15) is 5.10 Å². The molecule has 0 radical (unpaired) electrons. The summed E-state index contributed by atoms with van der Waals surface area (Å²) >= 11 is 1.10. The molecule has 0 spiro atoms. The van der Waals surface area contributed by atoms with Gasteiger partial charge < -0.3 is 15.5 Å². The smallest absolute Gasteiger partial charge is 0.267 e. The van der Waals surface area contributed by atoms with Crippen molar-refractivity contribution < 1.29 is 14.4 Å². The Bertz CT molecular complexity index is 1290. The fraction of sp³-hybridized carbons (Fsp3) is 0.519. The zero-order chi connectivity index (χ0) is 27.9. The van der Waals surface area contributed by atoms with Crippen molar-refractivity contribution in [3.63, 3.8) is 0 Å². The molecule has 39 heavy (non-hydrogen) atoms. The zero-order valence-corrected chi connectivity index (χ0v) is 23.7. The van der Waals surface area contributed by atoms with Crippen molar-refractivity contribution in [2.75, 3.05) is 13.1 Å². The van der Waals surface area contributed by atoms with Crippen molar-refractivity contribution in [1.82, 2.24) is 39.9 Å². The quantitative estimate of drug-likeness (QED) is 0.497. The van der Waals surface area contributed by atoms with Crippen molar-refractivity contribution >= 4 is 29.3 Å². The van der Waals surface area contributed by atoms with E-state index in [0.29, 0.717) is 54.7 Å². The fourth-order valence-electron chi connectivity index (χ4n) is 4.52. The van der Waals surface area contributed by atoms with Crippen LogP contribution in [0.3, 0.4) is 0 Å². The predicted octanol–water partition coefficient (Wildman–Crippen LogP) is 3.00. The minimum atomic E-state index is -0.718. The largest absolute Gasteiger partial charge is 0.345 e. The fourth-order valence-corrected chi connectivity index (χ4v) is 5.20. The van der Waals surface area contributed by atoms with Gasteiger partial charge in [0, 0.05) is 25.1 Å². The summed E-state index contributed by atoms with van der Waals surface area (Å²) in [5.41, 5.74) is 1.56. The molecule has 2 atom stereocenters. The van der Waals surface area contributed by atoms with E-state index in [9.17, 15) is 14.4 Å². The Kier molecular flexibility index (Phi) is 9.39. The molecule has 3 amide bonds. The van der Waals surface area contributed by atoms with Crippen LogP contribution >= 0.6 is 11.5 Å².